The fraction of sp³-hybridized carbons (Fsp3) is 0.500. The van der Waals surface area contributed by atoms with Crippen molar-refractivity contribution in [2.24, 2.45) is 0 Å². The zero-order valence-electron chi connectivity index (χ0n) is 12.0. The number of fused-ring (bicyclic) bond motifs is 1. The second kappa shape index (κ2) is 5.48. The van der Waals surface area contributed by atoms with Gasteiger partial charge in [0.25, 0.3) is 5.89 Å². The predicted octanol–water partition coefficient (Wildman–Crippen LogP) is 2.82. The van der Waals surface area contributed by atoms with Crippen molar-refractivity contribution in [3.8, 4) is 11.5 Å². The normalized spacial score (nSPS) is 21.0. The van der Waals surface area contributed by atoms with E-state index in [9.17, 15) is 0 Å². The van der Waals surface area contributed by atoms with Crippen LogP contribution in [0.15, 0.2) is 22.7 Å². The second-order valence-corrected chi connectivity index (χ2v) is 5.72. The Kier molecular flexibility index (Phi) is 3.35. The van der Waals surface area contributed by atoms with Gasteiger partial charge in [0.05, 0.1) is 6.10 Å². The summed E-state index contributed by atoms with van der Waals surface area (Å²) in [7, 11) is 0. The van der Waals surface area contributed by atoms with Crippen molar-refractivity contribution in [1.29, 1.82) is 0 Å². The quantitative estimate of drug-likeness (QED) is 0.939. The molecule has 21 heavy (non-hydrogen) atoms. The molecule has 1 N–H and O–H groups in total. The Bertz CT molecular complexity index is 632. The molecule has 0 amide bonds. The first-order valence-electron chi connectivity index (χ1n) is 7.70. The number of hydrogen-bond donors (Lipinski definition) is 1. The van der Waals surface area contributed by atoms with Gasteiger partial charge < -0.3 is 14.6 Å². The van der Waals surface area contributed by atoms with E-state index in [2.05, 4.69) is 27.6 Å². The average molecular weight is 285 g/mol. The molecule has 1 aromatic heterocycles. The van der Waals surface area contributed by atoms with Gasteiger partial charge in [-0.05, 0) is 43.4 Å². The van der Waals surface area contributed by atoms with Crippen LogP contribution >= 0.6 is 0 Å². The first-order valence-corrected chi connectivity index (χ1v) is 7.70. The van der Waals surface area contributed by atoms with Gasteiger partial charge in [0.15, 0.2) is 5.82 Å². The monoisotopic (exact) mass is 285 g/mol. The lowest BCUT2D eigenvalue weighted by Gasteiger charge is -2.19. The number of aromatic nitrogens is 2. The minimum absolute atomic E-state index is 0.252. The van der Waals surface area contributed by atoms with Crippen molar-refractivity contribution in [1.82, 2.24) is 10.1 Å². The molecule has 4 rings (SSSR count). The largest absolute Gasteiger partial charge is 0.385 e. The van der Waals surface area contributed by atoms with Gasteiger partial charge in [0.2, 0.25) is 0 Å². The molecule has 0 radical (unpaired) electrons. The van der Waals surface area contributed by atoms with Crippen LogP contribution in [0.5, 0.6) is 0 Å². The Morgan fingerprint density at radius 1 is 1.29 bits per heavy atom. The molecule has 5 nitrogen and oxygen atoms in total. The van der Waals surface area contributed by atoms with Crippen LogP contribution in [0.25, 0.3) is 11.5 Å². The minimum atomic E-state index is 0.252. The maximum Gasteiger partial charge on any atom is 0.258 e. The van der Waals surface area contributed by atoms with E-state index in [-0.39, 0.29) is 6.10 Å². The summed E-state index contributed by atoms with van der Waals surface area (Å²) in [6.45, 7) is 1.89. The third-order valence-corrected chi connectivity index (χ3v) is 4.23. The number of benzene rings is 1. The van der Waals surface area contributed by atoms with Gasteiger partial charge in [-0.3, -0.25) is 0 Å². The molecular formula is C16H19N3O2. The van der Waals surface area contributed by atoms with Crippen LogP contribution in [0.1, 0.15) is 30.7 Å². The third kappa shape index (κ3) is 2.53. The van der Waals surface area contributed by atoms with Gasteiger partial charge in [-0.15, -0.1) is 0 Å². The van der Waals surface area contributed by atoms with Gasteiger partial charge in [-0.2, -0.15) is 4.98 Å². The van der Waals surface area contributed by atoms with E-state index >= 15 is 0 Å². The Morgan fingerprint density at radius 3 is 3.19 bits per heavy atom. The first-order chi connectivity index (χ1) is 10.4. The molecule has 110 valence electrons. The third-order valence-electron chi connectivity index (χ3n) is 4.23. The highest BCUT2D eigenvalue weighted by Crippen LogP contribution is 2.31. The van der Waals surface area contributed by atoms with Gasteiger partial charge >= 0.3 is 0 Å². The number of nitrogens with zero attached hydrogens (tertiary/aromatic N) is 2. The first kappa shape index (κ1) is 12.8. The van der Waals surface area contributed by atoms with Gasteiger partial charge in [0, 0.05) is 30.8 Å². The van der Waals surface area contributed by atoms with Gasteiger partial charge in [-0.1, -0.05) is 11.2 Å². The molecule has 2 aliphatic rings. The van der Waals surface area contributed by atoms with E-state index in [0.29, 0.717) is 5.89 Å². The lowest BCUT2D eigenvalue weighted by Crippen LogP contribution is -2.12. The summed E-state index contributed by atoms with van der Waals surface area (Å²) in [6, 6.07) is 6.22. The summed E-state index contributed by atoms with van der Waals surface area (Å²) in [5.74, 6) is 1.38. The Morgan fingerprint density at radius 2 is 2.29 bits per heavy atom. The van der Waals surface area contributed by atoms with Crippen LogP contribution in [0.2, 0.25) is 0 Å². The summed E-state index contributed by atoms with van der Waals surface area (Å²) in [5.41, 5.74) is 3.54. The number of rotatable bonds is 3. The van der Waals surface area contributed by atoms with Gasteiger partial charge in [0.1, 0.15) is 0 Å². The number of ether oxygens (including phenoxy) is 1. The summed E-state index contributed by atoms with van der Waals surface area (Å²) in [5, 5.41) is 7.55. The van der Waals surface area contributed by atoms with Crippen molar-refractivity contribution in [3.05, 3.63) is 29.6 Å². The van der Waals surface area contributed by atoms with Crippen LogP contribution in [-0.2, 0) is 17.6 Å². The lowest BCUT2D eigenvalue weighted by atomic mass is 9.97. The summed E-state index contributed by atoms with van der Waals surface area (Å²) in [6.07, 6.45) is 5.42. The smallest absolute Gasteiger partial charge is 0.258 e. The summed E-state index contributed by atoms with van der Waals surface area (Å²) in [4.78, 5) is 4.57. The van der Waals surface area contributed by atoms with E-state index in [4.69, 9.17) is 9.26 Å². The average Bonchev–Trinajstić information content (AvgIpc) is 3.19. The molecule has 1 unspecified atom stereocenters. The van der Waals surface area contributed by atoms with Crippen LogP contribution in [0.3, 0.4) is 0 Å². The topological polar surface area (TPSA) is 60.2 Å². The molecule has 1 atom stereocenters. The lowest BCUT2D eigenvalue weighted by molar-refractivity contribution is 0.109. The molecule has 1 aromatic carbocycles. The molecule has 5 heteroatoms. The van der Waals surface area contributed by atoms with Crippen molar-refractivity contribution in [3.63, 3.8) is 0 Å². The highest BCUT2D eigenvalue weighted by molar-refractivity contribution is 5.69. The van der Waals surface area contributed by atoms with Crippen molar-refractivity contribution < 1.29 is 9.26 Å². The SMILES string of the molecule is c1cc2c(c(-c3nc(CC4CCCO4)no3)c1)CCCN2. The van der Waals surface area contributed by atoms with Crippen molar-refractivity contribution in [2.75, 3.05) is 18.5 Å². The van der Waals surface area contributed by atoms with E-state index < -0.39 is 0 Å². The van der Waals surface area contributed by atoms with E-state index in [0.717, 1.165) is 56.6 Å². The maximum atomic E-state index is 5.63. The molecule has 2 aliphatic heterocycles. The number of anilines is 1. The molecule has 0 spiro atoms. The van der Waals surface area contributed by atoms with Crippen LogP contribution in [0.4, 0.5) is 5.69 Å². The molecular weight excluding hydrogens is 266 g/mol. The predicted molar refractivity (Wildman–Crippen MR) is 79.2 cm³/mol. The Balaban J connectivity index is 1.60. The molecule has 1 fully saturated rings. The molecule has 0 aliphatic carbocycles. The summed E-state index contributed by atoms with van der Waals surface area (Å²) < 4.78 is 11.1. The zero-order chi connectivity index (χ0) is 14.1. The number of nitrogens with one attached hydrogen (secondary N) is 1. The van der Waals surface area contributed by atoms with Gasteiger partial charge in [-0.25, -0.2) is 0 Å². The second-order valence-electron chi connectivity index (χ2n) is 5.72. The molecule has 0 bridgehead atoms. The van der Waals surface area contributed by atoms with Crippen LogP contribution < -0.4 is 5.32 Å². The molecule has 1 saturated heterocycles. The van der Waals surface area contributed by atoms with E-state index in [1.54, 1.807) is 0 Å². The van der Waals surface area contributed by atoms with Crippen molar-refractivity contribution in [2.45, 2.75) is 38.2 Å². The highest BCUT2D eigenvalue weighted by atomic mass is 16.5. The van der Waals surface area contributed by atoms with Crippen LogP contribution in [0, 0.1) is 0 Å². The molecule has 0 saturated carbocycles. The Hall–Kier alpha value is -1.88. The van der Waals surface area contributed by atoms with Crippen LogP contribution in [-0.4, -0.2) is 29.4 Å². The van der Waals surface area contributed by atoms with E-state index in [1.165, 1.54) is 11.3 Å². The maximum absolute atomic E-state index is 5.63. The fourth-order valence-electron chi connectivity index (χ4n) is 3.17. The Labute approximate surface area is 123 Å². The van der Waals surface area contributed by atoms with E-state index in [1.807, 2.05) is 6.07 Å². The number of hydrogen-bond acceptors (Lipinski definition) is 5. The fourth-order valence-corrected chi connectivity index (χ4v) is 3.17. The molecule has 2 aromatic rings. The zero-order valence-corrected chi connectivity index (χ0v) is 12.0. The summed E-state index contributed by atoms with van der Waals surface area (Å²) >= 11 is 0. The van der Waals surface area contributed by atoms with Crippen molar-refractivity contribution >= 4 is 5.69 Å². The minimum Gasteiger partial charge on any atom is -0.385 e. The molecule has 3 heterocycles. The standard InChI is InChI=1S/C16H19N3O2/c1-5-13(12-6-2-8-17-14(12)7-1)16-18-15(19-21-16)10-11-4-3-9-20-11/h1,5,7,11,17H,2-4,6,8-10H2. The highest BCUT2D eigenvalue weighted by Gasteiger charge is 2.21.